The molecule has 0 aliphatic carbocycles. The Balaban J connectivity index is 2.45. The largest absolute Gasteiger partial charge is 0.447 e. The quantitative estimate of drug-likeness (QED) is 0.824. The Bertz CT molecular complexity index is 362. The van der Waals surface area contributed by atoms with E-state index >= 15 is 0 Å². The molecule has 0 saturated heterocycles. The Morgan fingerprint density at radius 2 is 2.18 bits per heavy atom. The third-order valence-electron chi connectivity index (χ3n) is 2.11. The van der Waals surface area contributed by atoms with Crippen molar-refractivity contribution in [2.45, 2.75) is 13.8 Å². The van der Waals surface area contributed by atoms with Crippen LogP contribution in [-0.4, -0.2) is 25.9 Å². The highest BCUT2D eigenvalue weighted by molar-refractivity contribution is 6.33. The molecule has 0 heterocycles. The van der Waals surface area contributed by atoms with Crippen LogP contribution in [0.25, 0.3) is 0 Å². The number of nitrogens with one attached hydrogen (secondary N) is 1. The SMILES string of the molecule is CCOCCOC(=O)Nc1c(C)cccc1Cl. The molecule has 1 aromatic carbocycles. The first-order valence-electron chi connectivity index (χ1n) is 5.41. The number of carbonyl (C=O) groups is 1. The average molecular weight is 258 g/mol. The van der Waals surface area contributed by atoms with Gasteiger partial charge in [0.2, 0.25) is 0 Å². The fourth-order valence-electron chi connectivity index (χ4n) is 1.27. The topological polar surface area (TPSA) is 47.6 Å². The van der Waals surface area contributed by atoms with Crippen molar-refractivity contribution in [3.63, 3.8) is 0 Å². The Hall–Kier alpha value is -1.26. The van der Waals surface area contributed by atoms with Crippen LogP contribution in [0.1, 0.15) is 12.5 Å². The number of aryl methyl sites for hydroxylation is 1. The maximum atomic E-state index is 11.4. The molecule has 0 atom stereocenters. The predicted molar refractivity (Wildman–Crippen MR) is 67.7 cm³/mol. The monoisotopic (exact) mass is 257 g/mol. The molecule has 1 aromatic rings. The smallest absolute Gasteiger partial charge is 0.411 e. The van der Waals surface area contributed by atoms with Gasteiger partial charge in [0.15, 0.2) is 0 Å². The number of benzene rings is 1. The van der Waals surface area contributed by atoms with Gasteiger partial charge in [-0.2, -0.15) is 0 Å². The van der Waals surface area contributed by atoms with Gasteiger partial charge in [-0.05, 0) is 25.5 Å². The zero-order chi connectivity index (χ0) is 12.7. The van der Waals surface area contributed by atoms with Crippen molar-refractivity contribution < 1.29 is 14.3 Å². The first-order chi connectivity index (χ1) is 8.15. The number of anilines is 1. The number of ether oxygens (including phenoxy) is 2. The highest BCUT2D eigenvalue weighted by atomic mass is 35.5. The van der Waals surface area contributed by atoms with Crippen LogP contribution >= 0.6 is 11.6 Å². The minimum atomic E-state index is -0.527. The Kier molecular flexibility index (Phi) is 5.80. The second-order valence-electron chi connectivity index (χ2n) is 3.39. The van der Waals surface area contributed by atoms with E-state index < -0.39 is 6.09 Å². The first kappa shape index (κ1) is 13.8. The number of rotatable bonds is 5. The molecule has 1 N–H and O–H groups in total. The van der Waals surface area contributed by atoms with Crippen molar-refractivity contribution in [3.8, 4) is 0 Å². The normalized spacial score (nSPS) is 10.1. The maximum Gasteiger partial charge on any atom is 0.411 e. The van der Waals surface area contributed by atoms with E-state index in [0.717, 1.165) is 5.56 Å². The summed E-state index contributed by atoms with van der Waals surface area (Å²) in [5.74, 6) is 0. The molecule has 0 radical (unpaired) electrons. The van der Waals surface area contributed by atoms with Gasteiger partial charge >= 0.3 is 6.09 Å². The van der Waals surface area contributed by atoms with Crippen LogP contribution in [0.4, 0.5) is 10.5 Å². The van der Waals surface area contributed by atoms with Crippen molar-refractivity contribution in [1.82, 2.24) is 0 Å². The van der Waals surface area contributed by atoms with Crippen LogP contribution in [0.3, 0.4) is 0 Å². The molecule has 0 unspecified atom stereocenters. The van der Waals surface area contributed by atoms with Crippen LogP contribution in [0, 0.1) is 6.92 Å². The van der Waals surface area contributed by atoms with Crippen molar-refractivity contribution in [2.75, 3.05) is 25.1 Å². The van der Waals surface area contributed by atoms with Gasteiger partial charge in [0, 0.05) is 6.61 Å². The molecule has 0 aliphatic heterocycles. The van der Waals surface area contributed by atoms with Crippen molar-refractivity contribution in [3.05, 3.63) is 28.8 Å². The maximum absolute atomic E-state index is 11.4. The lowest BCUT2D eigenvalue weighted by molar-refractivity contribution is 0.0850. The van der Waals surface area contributed by atoms with Gasteiger partial charge in [-0.3, -0.25) is 5.32 Å². The third kappa shape index (κ3) is 4.63. The lowest BCUT2D eigenvalue weighted by Crippen LogP contribution is -2.17. The molecule has 17 heavy (non-hydrogen) atoms. The lowest BCUT2D eigenvalue weighted by atomic mass is 10.2. The fourth-order valence-corrected chi connectivity index (χ4v) is 1.54. The number of carbonyl (C=O) groups excluding carboxylic acids is 1. The van der Waals surface area contributed by atoms with Gasteiger partial charge in [-0.25, -0.2) is 4.79 Å². The number of halogens is 1. The van der Waals surface area contributed by atoms with Crippen LogP contribution in [0.5, 0.6) is 0 Å². The number of hydrogen-bond acceptors (Lipinski definition) is 3. The fraction of sp³-hybridized carbons (Fsp3) is 0.417. The van der Waals surface area contributed by atoms with Gasteiger partial charge < -0.3 is 9.47 Å². The van der Waals surface area contributed by atoms with E-state index in [-0.39, 0.29) is 6.61 Å². The second kappa shape index (κ2) is 7.14. The molecule has 0 aromatic heterocycles. The first-order valence-corrected chi connectivity index (χ1v) is 5.79. The van der Waals surface area contributed by atoms with Crippen LogP contribution in [0.2, 0.25) is 5.02 Å². The van der Waals surface area contributed by atoms with E-state index in [2.05, 4.69) is 5.32 Å². The molecule has 0 spiro atoms. The highest BCUT2D eigenvalue weighted by Gasteiger charge is 2.08. The second-order valence-corrected chi connectivity index (χ2v) is 3.80. The molecule has 5 heteroatoms. The van der Waals surface area contributed by atoms with E-state index in [0.29, 0.717) is 23.9 Å². The molecule has 0 saturated carbocycles. The Morgan fingerprint density at radius 1 is 1.41 bits per heavy atom. The van der Waals surface area contributed by atoms with Crippen molar-refractivity contribution in [2.24, 2.45) is 0 Å². The zero-order valence-corrected chi connectivity index (χ0v) is 10.7. The third-order valence-corrected chi connectivity index (χ3v) is 2.43. The lowest BCUT2D eigenvalue weighted by Gasteiger charge is -2.10. The minimum absolute atomic E-state index is 0.225. The van der Waals surface area contributed by atoms with E-state index in [1.54, 1.807) is 6.07 Å². The van der Waals surface area contributed by atoms with Gasteiger partial charge in [0.1, 0.15) is 6.61 Å². The number of para-hydroxylation sites is 1. The van der Waals surface area contributed by atoms with Crippen LogP contribution in [-0.2, 0) is 9.47 Å². The summed E-state index contributed by atoms with van der Waals surface area (Å²) >= 11 is 5.96. The summed E-state index contributed by atoms with van der Waals surface area (Å²) in [4.78, 5) is 11.4. The summed E-state index contributed by atoms with van der Waals surface area (Å²) in [6, 6.07) is 5.40. The van der Waals surface area contributed by atoms with Gasteiger partial charge in [0.25, 0.3) is 0 Å². The van der Waals surface area contributed by atoms with E-state index in [9.17, 15) is 4.79 Å². The molecule has 0 fully saturated rings. The summed E-state index contributed by atoms with van der Waals surface area (Å²) in [6.45, 7) is 4.97. The summed E-state index contributed by atoms with van der Waals surface area (Å²) in [6.07, 6.45) is -0.527. The predicted octanol–water partition coefficient (Wildman–Crippen LogP) is 3.23. The van der Waals surface area contributed by atoms with Crippen LogP contribution < -0.4 is 5.32 Å². The van der Waals surface area contributed by atoms with Crippen molar-refractivity contribution >= 4 is 23.4 Å². The molecule has 4 nitrogen and oxygen atoms in total. The number of hydrogen-bond donors (Lipinski definition) is 1. The molecular formula is C12H16ClNO3. The van der Waals surface area contributed by atoms with Crippen molar-refractivity contribution in [1.29, 1.82) is 0 Å². The van der Waals surface area contributed by atoms with E-state index in [4.69, 9.17) is 21.1 Å². The molecule has 0 aliphatic rings. The average Bonchev–Trinajstić information content (AvgIpc) is 2.30. The standard InChI is InChI=1S/C12H16ClNO3/c1-3-16-7-8-17-12(15)14-11-9(2)5-4-6-10(11)13/h4-6H,3,7-8H2,1-2H3,(H,14,15). The molecule has 1 amide bonds. The summed E-state index contributed by atoms with van der Waals surface area (Å²) < 4.78 is 9.97. The molecule has 0 bridgehead atoms. The van der Waals surface area contributed by atoms with Crippen LogP contribution in [0.15, 0.2) is 18.2 Å². The summed E-state index contributed by atoms with van der Waals surface area (Å²) in [5.41, 5.74) is 1.47. The van der Waals surface area contributed by atoms with E-state index in [1.165, 1.54) is 0 Å². The van der Waals surface area contributed by atoms with Gasteiger partial charge in [-0.1, -0.05) is 23.7 Å². The molecule has 1 rings (SSSR count). The van der Waals surface area contributed by atoms with Gasteiger partial charge in [0.05, 0.1) is 17.3 Å². The molecular weight excluding hydrogens is 242 g/mol. The summed E-state index contributed by atoms with van der Waals surface area (Å²) in [5, 5.41) is 3.10. The van der Waals surface area contributed by atoms with Gasteiger partial charge in [-0.15, -0.1) is 0 Å². The zero-order valence-electron chi connectivity index (χ0n) is 9.96. The molecule has 94 valence electrons. The Morgan fingerprint density at radius 3 is 2.82 bits per heavy atom. The number of amides is 1. The minimum Gasteiger partial charge on any atom is -0.447 e. The highest BCUT2D eigenvalue weighted by Crippen LogP contribution is 2.25. The van der Waals surface area contributed by atoms with E-state index in [1.807, 2.05) is 26.0 Å². The Labute approximate surface area is 106 Å². The summed E-state index contributed by atoms with van der Waals surface area (Å²) in [7, 11) is 0.